The van der Waals surface area contributed by atoms with Crippen molar-refractivity contribution >= 4 is 23.9 Å². The van der Waals surface area contributed by atoms with Gasteiger partial charge in [-0.2, -0.15) is 0 Å². The van der Waals surface area contributed by atoms with Crippen LogP contribution in [-0.2, 0) is 66.5 Å². The van der Waals surface area contributed by atoms with Crippen LogP contribution in [0.5, 0.6) is 0 Å². The highest BCUT2D eigenvalue weighted by Gasteiger charge is 2.72. The summed E-state index contributed by atoms with van der Waals surface area (Å²) in [6, 6.07) is 0. The third kappa shape index (κ3) is 8.91. The first-order chi connectivity index (χ1) is 30.2. The van der Waals surface area contributed by atoms with Gasteiger partial charge in [0.1, 0.15) is 31.0 Å². The van der Waals surface area contributed by atoms with Crippen molar-refractivity contribution in [1.82, 2.24) is 0 Å². The van der Waals surface area contributed by atoms with Gasteiger partial charge in [-0.3, -0.25) is 14.4 Å². The van der Waals surface area contributed by atoms with Gasteiger partial charge in [0.2, 0.25) is 0 Å². The predicted octanol–water partition coefficient (Wildman–Crippen LogP) is 3.93. The second-order valence-electron chi connectivity index (χ2n) is 20.6. The molecule has 17 nitrogen and oxygen atoms in total. The Balaban J connectivity index is 0.844. The Bertz CT molecular complexity index is 1770. The van der Waals surface area contributed by atoms with Crippen molar-refractivity contribution in [2.45, 2.75) is 218 Å². The molecule has 64 heavy (non-hydrogen) atoms. The molecule has 3 saturated heterocycles. The summed E-state index contributed by atoms with van der Waals surface area (Å²) in [4.78, 5) is 48.3. The fourth-order valence-corrected chi connectivity index (χ4v) is 13.8. The molecule has 0 unspecified atom stereocenters. The van der Waals surface area contributed by atoms with Crippen molar-refractivity contribution in [1.29, 1.82) is 0 Å². The van der Waals surface area contributed by atoms with Crippen LogP contribution < -0.4 is 0 Å². The number of aliphatic hydroxyl groups is 3. The number of fused-ring (bicyclic) bond motifs is 5. The Labute approximate surface area is 375 Å². The summed E-state index contributed by atoms with van der Waals surface area (Å²) in [5.41, 5.74) is -1.05. The van der Waals surface area contributed by atoms with E-state index in [1.54, 1.807) is 19.9 Å². The van der Waals surface area contributed by atoms with Crippen LogP contribution in [0.2, 0.25) is 0 Å². The van der Waals surface area contributed by atoms with Gasteiger partial charge in [-0.15, -0.1) is 0 Å². The minimum Gasteiger partial charge on any atom is -0.462 e. The van der Waals surface area contributed by atoms with Gasteiger partial charge in [0.05, 0.1) is 42.2 Å². The van der Waals surface area contributed by atoms with Crippen molar-refractivity contribution in [3.8, 4) is 0 Å². The molecule has 0 radical (unpaired) electrons. The number of carbonyl (C=O) groups is 4. The van der Waals surface area contributed by atoms with Crippen LogP contribution in [0.15, 0.2) is 11.6 Å². The van der Waals surface area contributed by atoms with E-state index in [-0.39, 0.29) is 67.1 Å². The zero-order valence-corrected chi connectivity index (χ0v) is 38.5. The molecule has 8 aliphatic rings. The summed E-state index contributed by atoms with van der Waals surface area (Å²) in [5.74, 6) is -1.46. The lowest BCUT2D eigenvalue weighted by molar-refractivity contribution is -0.336. The lowest BCUT2D eigenvalue weighted by Gasteiger charge is -2.65. The molecule has 7 fully saturated rings. The SMILES string of the molecule is CC(=O)O[C@H]1[C@@H](OC(C)=O)C[C@H](O[C@H]2[C@@H](O)C[C@H](O[C@H]3[C@@H](O)C[C@H](O[C@H]4CC[C@@]5(C)[C@H](CC[C@@H]6[C@@H]5C[C@@H](OC(C)=O)[C@]5(C)[C@@H](C7=CC(=O)OC7)CC[C@]65O)C4)O[C@@H]3C)O[C@@H]2C)O[C@@H]1C. The molecule has 8 rings (SSSR count). The van der Waals surface area contributed by atoms with E-state index in [0.29, 0.717) is 25.2 Å². The molecule has 17 heteroatoms. The maximum atomic E-state index is 12.9. The third-order valence-electron chi connectivity index (χ3n) is 16.8. The zero-order valence-electron chi connectivity index (χ0n) is 38.5. The smallest absolute Gasteiger partial charge is 0.331 e. The van der Waals surface area contributed by atoms with Gasteiger partial charge in [0.25, 0.3) is 0 Å². The Morgan fingerprint density at radius 2 is 1.25 bits per heavy atom. The van der Waals surface area contributed by atoms with Crippen molar-refractivity contribution < 1.29 is 81.9 Å². The van der Waals surface area contributed by atoms with Gasteiger partial charge < -0.3 is 62.7 Å². The van der Waals surface area contributed by atoms with E-state index in [1.807, 2.05) is 6.92 Å². The number of cyclic esters (lactones) is 1. The maximum absolute atomic E-state index is 12.9. The molecule has 0 aromatic heterocycles. The Kier molecular flexibility index (Phi) is 13.7. The van der Waals surface area contributed by atoms with Gasteiger partial charge in [0, 0.05) is 51.5 Å². The minimum atomic E-state index is -1.07. The van der Waals surface area contributed by atoms with Gasteiger partial charge in [-0.25, -0.2) is 4.79 Å². The molecule has 4 aliphatic heterocycles. The molecule has 0 aromatic rings. The summed E-state index contributed by atoms with van der Waals surface area (Å²) < 4.78 is 59.8. The highest BCUT2D eigenvalue weighted by molar-refractivity contribution is 5.85. The molecule has 4 aliphatic carbocycles. The number of esters is 4. The second kappa shape index (κ2) is 18.4. The van der Waals surface area contributed by atoms with Crippen molar-refractivity contribution in [3.63, 3.8) is 0 Å². The predicted molar refractivity (Wildman–Crippen MR) is 221 cm³/mol. The van der Waals surface area contributed by atoms with Crippen LogP contribution in [0.3, 0.4) is 0 Å². The Morgan fingerprint density at radius 1 is 0.672 bits per heavy atom. The summed E-state index contributed by atoms with van der Waals surface area (Å²) >= 11 is 0. The van der Waals surface area contributed by atoms with Crippen molar-refractivity contribution in [2.24, 2.45) is 34.5 Å². The largest absolute Gasteiger partial charge is 0.462 e. The van der Waals surface area contributed by atoms with E-state index in [1.165, 1.54) is 20.8 Å². The summed E-state index contributed by atoms with van der Waals surface area (Å²) in [6.07, 6.45) is -1.95. The summed E-state index contributed by atoms with van der Waals surface area (Å²) in [6.45, 7) is 13.8. The molecule has 0 aromatic carbocycles. The molecule has 0 spiro atoms. The molecule has 4 saturated carbocycles. The van der Waals surface area contributed by atoms with E-state index in [0.717, 1.165) is 37.7 Å². The van der Waals surface area contributed by atoms with Gasteiger partial charge >= 0.3 is 23.9 Å². The van der Waals surface area contributed by atoms with E-state index in [4.69, 9.17) is 47.4 Å². The maximum Gasteiger partial charge on any atom is 0.331 e. The first kappa shape index (κ1) is 47.7. The normalized spacial score (nSPS) is 49.0. The monoisotopic (exact) mass is 906 g/mol. The average Bonchev–Trinajstić information content (AvgIpc) is 3.75. The molecule has 21 atom stereocenters. The van der Waals surface area contributed by atoms with Crippen LogP contribution in [0.1, 0.15) is 126 Å². The van der Waals surface area contributed by atoms with Crippen molar-refractivity contribution in [2.75, 3.05) is 6.61 Å². The van der Waals surface area contributed by atoms with E-state index >= 15 is 0 Å². The minimum absolute atomic E-state index is 0.0242. The molecular formula is C47H70O17. The van der Waals surface area contributed by atoms with Crippen LogP contribution in [0.4, 0.5) is 0 Å². The highest BCUT2D eigenvalue weighted by Crippen LogP contribution is 2.70. The number of hydrogen-bond acceptors (Lipinski definition) is 17. The number of rotatable bonds is 10. The molecular weight excluding hydrogens is 836 g/mol. The number of carbonyl (C=O) groups excluding carboxylic acids is 4. The van der Waals surface area contributed by atoms with Crippen molar-refractivity contribution in [3.05, 3.63) is 11.6 Å². The quantitative estimate of drug-likeness (QED) is 0.161. The fourth-order valence-electron chi connectivity index (χ4n) is 13.8. The van der Waals surface area contributed by atoms with Crippen LogP contribution in [0.25, 0.3) is 0 Å². The highest BCUT2D eigenvalue weighted by atomic mass is 16.7. The zero-order chi connectivity index (χ0) is 46.0. The topological polar surface area (TPSA) is 221 Å². The molecule has 3 N–H and O–H groups in total. The van der Waals surface area contributed by atoms with Crippen LogP contribution in [-0.4, -0.2) is 137 Å². The Morgan fingerprint density at radius 3 is 1.81 bits per heavy atom. The number of hydrogen-bond donors (Lipinski definition) is 3. The molecule has 4 heterocycles. The number of ether oxygens (including phenoxy) is 10. The third-order valence-corrected chi connectivity index (χ3v) is 16.8. The number of aliphatic hydroxyl groups excluding tert-OH is 2. The van der Waals surface area contributed by atoms with Gasteiger partial charge in [-0.05, 0) is 107 Å². The van der Waals surface area contributed by atoms with E-state index < -0.39 is 103 Å². The molecule has 360 valence electrons. The summed E-state index contributed by atoms with van der Waals surface area (Å²) in [7, 11) is 0. The molecule has 0 amide bonds. The lowest BCUT2D eigenvalue weighted by Crippen LogP contribution is -2.67. The van der Waals surface area contributed by atoms with Gasteiger partial charge in [-0.1, -0.05) is 13.8 Å². The average molecular weight is 907 g/mol. The van der Waals surface area contributed by atoms with Crippen LogP contribution >= 0.6 is 0 Å². The first-order valence-corrected chi connectivity index (χ1v) is 23.6. The fraction of sp³-hybridized carbons (Fsp3) is 0.872. The van der Waals surface area contributed by atoms with E-state index in [9.17, 15) is 34.5 Å². The summed E-state index contributed by atoms with van der Waals surface area (Å²) in [5, 5.41) is 35.6. The standard InChI is InChI=1S/C47H70O17/c1-22-42(63-40-19-35(52)43(23(2)57-40)64-41-20-36(59-25(4)48)44(24(3)58-41)61-27(6)50)34(51)18-39(56-22)62-30-11-13-45(7)29(16-30)9-10-32-33(45)17-37(60-26(5)49)46(8)31(12-14-47(32,46)54)28-15-38(53)55-21-28/h15,22-24,29-37,39-44,51-52,54H,9-14,16-21H2,1-8H3/t22-,23-,24-,29-,30+,31-,32-,33+,34+,35+,36+,37-,39+,40+,41+,42-,43-,44-,45+,46+,47+/m1/s1. The lowest BCUT2D eigenvalue weighted by atomic mass is 9.42. The Hall–Kier alpha value is -2.74. The first-order valence-electron chi connectivity index (χ1n) is 23.6. The van der Waals surface area contributed by atoms with Crippen LogP contribution in [0, 0.1) is 34.5 Å². The second-order valence-corrected chi connectivity index (χ2v) is 20.6. The van der Waals surface area contributed by atoms with E-state index in [2.05, 4.69) is 13.8 Å². The van der Waals surface area contributed by atoms with Gasteiger partial charge in [0.15, 0.2) is 25.0 Å². The molecule has 0 bridgehead atoms.